The molecule has 1 aromatic carbocycles. The lowest BCUT2D eigenvalue weighted by atomic mass is 9.90. The van der Waals surface area contributed by atoms with Gasteiger partial charge in [-0.1, -0.05) is 17.8 Å². The fraction of sp³-hybridized carbons (Fsp3) is 0.176. The van der Waals surface area contributed by atoms with Crippen LogP contribution in [0.2, 0.25) is 0 Å². The van der Waals surface area contributed by atoms with Gasteiger partial charge in [0.25, 0.3) is 0 Å². The van der Waals surface area contributed by atoms with Crippen LogP contribution in [0.5, 0.6) is 0 Å². The molecule has 2 N–H and O–H groups in total. The zero-order valence-corrected chi connectivity index (χ0v) is 15.6. The normalized spacial score (nSPS) is 19.6. The number of halogens is 2. The molecule has 0 fully saturated rings. The Morgan fingerprint density at radius 2 is 2.08 bits per heavy atom. The average Bonchev–Trinajstić information content (AvgIpc) is 2.57. The second kappa shape index (κ2) is 7.05. The highest BCUT2D eigenvalue weighted by atomic mass is 79.9. The molecule has 0 radical (unpaired) electrons. The summed E-state index contributed by atoms with van der Waals surface area (Å²) in [6.07, 6.45) is 4.89. The number of nitrogens with zero attached hydrogens (tertiary/aromatic N) is 3. The van der Waals surface area contributed by atoms with Crippen molar-refractivity contribution in [2.75, 3.05) is 0 Å². The molecule has 1 aliphatic heterocycles. The lowest BCUT2D eigenvalue weighted by molar-refractivity contribution is 0.0983. The molecule has 128 valence electrons. The van der Waals surface area contributed by atoms with E-state index in [1.165, 1.54) is 30.2 Å². The Labute approximate surface area is 156 Å². The lowest BCUT2D eigenvalue weighted by Crippen LogP contribution is -2.25. The van der Waals surface area contributed by atoms with Crippen LogP contribution < -0.4 is 5.73 Å². The predicted octanol–water partition coefficient (Wildman–Crippen LogP) is 3.59. The molecule has 0 aliphatic carbocycles. The number of amidine groups is 1. The van der Waals surface area contributed by atoms with Crippen LogP contribution in [0.1, 0.15) is 28.7 Å². The van der Waals surface area contributed by atoms with Crippen LogP contribution in [0.3, 0.4) is 0 Å². The zero-order valence-electron chi connectivity index (χ0n) is 13.2. The molecule has 25 heavy (non-hydrogen) atoms. The second-order valence-corrected chi connectivity index (χ2v) is 7.50. The molecule has 1 aliphatic rings. The third-order valence-electron chi connectivity index (χ3n) is 3.73. The molecule has 8 heteroatoms. The number of rotatable bonds is 4. The van der Waals surface area contributed by atoms with Crippen LogP contribution >= 0.6 is 27.7 Å². The van der Waals surface area contributed by atoms with Crippen molar-refractivity contribution in [3.05, 3.63) is 69.3 Å². The van der Waals surface area contributed by atoms with E-state index >= 15 is 0 Å². The number of hydrogen-bond donors (Lipinski definition) is 1. The van der Waals surface area contributed by atoms with Crippen molar-refractivity contribution in [3.63, 3.8) is 0 Å². The lowest BCUT2D eigenvalue weighted by Gasteiger charge is -2.26. The highest BCUT2D eigenvalue weighted by Crippen LogP contribution is 2.34. The number of thioether (sulfide) groups is 1. The maximum Gasteiger partial charge on any atom is 0.204 e. The number of nitrogens with two attached hydrogens (primary N) is 1. The minimum Gasteiger partial charge on any atom is -0.378 e. The number of carbonyl (C=O) groups is 1. The van der Waals surface area contributed by atoms with Crippen molar-refractivity contribution in [2.24, 2.45) is 10.7 Å². The SMILES string of the molecule is C[C@@]1(c2cc(CC(=O)c3ncc(Br)cn3)ccc2F)C=CSC(N)=N1. The summed E-state index contributed by atoms with van der Waals surface area (Å²) >= 11 is 4.51. The highest BCUT2D eigenvalue weighted by molar-refractivity contribution is 9.10. The maximum absolute atomic E-state index is 14.4. The minimum absolute atomic E-state index is 0.0721. The smallest absolute Gasteiger partial charge is 0.204 e. The summed E-state index contributed by atoms with van der Waals surface area (Å²) < 4.78 is 15.1. The van der Waals surface area contributed by atoms with Crippen molar-refractivity contribution < 1.29 is 9.18 Å². The van der Waals surface area contributed by atoms with E-state index in [9.17, 15) is 9.18 Å². The first kappa shape index (κ1) is 17.8. The van der Waals surface area contributed by atoms with E-state index in [4.69, 9.17) is 5.73 Å². The summed E-state index contributed by atoms with van der Waals surface area (Å²) in [4.78, 5) is 24.7. The molecule has 1 aromatic heterocycles. The number of aliphatic imine (C=N–C) groups is 1. The molecule has 3 rings (SSSR count). The Hall–Kier alpha value is -2.06. The van der Waals surface area contributed by atoms with Gasteiger partial charge < -0.3 is 5.73 Å². The van der Waals surface area contributed by atoms with Gasteiger partial charge in [-0.25, -0.2) is 19.4 Å². The van der Waals surface area contributed by atoms with Gasteiger partial charge in [0.15, 0.2) is 11.0 Å². The van der Waals surface area contributed by atoms with E-state index < -0.39 is 11.4 Å². The summed E-state index contributed by atoms with van der Waals surface area (Å²) in [5, 5.41) is 2.16. The molecule has 2 heterocycles. The van der Waals surface area contributed by atoms with Gasteiger partial charge in [-0.15, -0.1) is 0 Å². The summed E-state index contributed by atoms with van der Waals surface area (Å²) in [6.45, 7) is 1.78. The molecule has 1 atom stereocenters. The van der Waals surface area contributed by atoms with E-state index in [2.05, 4.69) is 30.9 Å². The molecule has 0 unspecified atom stereocenters. The standard InChI is InChI=1S/C17H14BrFN4OS/c1-17(4-5-25-16(20)23-17)12-6-10(2-3-13(12)19)7-14(24)15-21-8-11(18)9-22-15/h2-6,8-9H,7H2,1H3,(H2,20,23)/t17-/m0/s1. The van der Waals surface area contributed by atoms with Gasteiger partial charge in [0.2, 0.25) is 5.78 Å². The van der Waals surface area contributed by atoms with Gasteiger partial charge in [0, 0.05) is 24.4 Å². The number of benzene rings is 1. The zero-order chi connectivity index (χ0) is 18.0. The number of hydrogen-bond acceptors (Lipinski definition) is 6. The fourth-order valence-electron chi connectivity index (χ4n) is 2.47. The maximum atomic E-state index is 14.4. The van der Waals surface area contributed by atoms with Crippen LogP contribution in [-0.4, -0.2) is 20.9 Å². The summed E-state index contributed by atoms with van der Waals surface area (Å²) in [5.74, 6) is -0.517. The molecular formula is C17H14BrFN4OS. The summed E-state index contributed by atoms with van der Waals surface area (Å²) in [7, 11) is 0. The molecule has 0 bridgehead atoms. The van der Waals surface area contributed by atoms with Crippen LogP contribution in [0.25, 0.3) is 0 Å². The van der Waals surface area contributed by atoms with Gasteiger partial charge in [-0.3, -0.25) is 4.79 Å². The predicted molar refractivity (Wildman–Crippen MR) is 99.9 cm³/mol. The number of ketones is 1. The number of aromatic nitrogens is 2. The van der Waals surface area contributed by atoms with Crippen LogP contribution in [0.4, 0.5) is 4.39 Å². The summed E-state index contributed by atoms with van der Waals surface area (Å²) in [5.41, 5.74) is 5.90. The van der Waals surface area contributed by atoms with E-state index in [-0.39, 0.29) is 18.0 Å². The molecule has 5 nitrogen and oxygen atoms in total. The largest absolute Gasteiger partial charge is 0.378 e. The number of Topliss-reactive ketones (excluding diaryl/α,β-unsaturated/α-hetero) is 1. The van der Waals surface area contributed by atoms with Gasteiger partial charge >= 0.3 is 0 Å². The third kappa shape index (κ3) is 3.96. The Bertz CT molecular complexity index is 885. The first-order valence-electron chi connectivity index (χ1n) is 7.37. The van der Waals surface area contributed by atoms with Crippen LogP contribution in [-0.2, 0) is 12.0 Å². The Balaban J connectivity index is 1.89. The van der Waals surface area contributed by atoms with Crippen molar-refractivity contribution in [1.29, 1.82) is 0 Å². The van der Waals surface area contributed by atoms with E-state index in [1.807, 2.05) is 0 Å². The van der Waals surface area contributed by atoms with Crippen molar-refractivity contribution >= 4 is 38.6 Å². The molecular weight excluding hydrogens is 407 g/mol. The Morgan fingerprint density at radius 3 is 2.76 bits per heavy atom. The summed E-state index contributed by atoms with van der Waals surface area (Å²) in [6, 6.07) is 4.56. The van der Waals surface area contributed by atoms with E-state index in [0.717, 1.165) is 0 Å². The van der Waals surface area contributed by atoms with Gasteiger partial charge in [0.1, 0.15) is 11.4 Å². The van der Waals surface area contributed by atoms with Crippen molar-refractivity contribution in [3.8, 4) is 0 Å². The second-order valence-electron chi connectivity index (χ2n) is 5.66. The average molecular weight is 421 g/mol. The Kier molecular flexibility index (Phi) is 5.01. The van der Waals surface area contributed by atoms with E-state index in [0.29, 0.717) is 20.8 Å². The first-order valence-corrected chi connectivity index (χ1v) is 9.04. The van der Waals surface area contributed by atoms with Crippen LogP contribution in [0, 0.1) is 5.82 Å². The van der Waals surface area contributed by atoms with Crippen molar-refractivity contribution in [1.82, 2.24) is 9.97 Å². The molecule has 0 spiro atoms. The van der Waals surface area contributed by atoms with Crippen LogP contribution in [0.15, 0.2) is 51.5 Å². The van der Waals surface area contributed by atoms with Gasteiger partial charge in [-0.05, 0) is 52.0 Å². The third-order valence-corrected chi connectivity index (χ3v) is 4.75. The van der Waals surface area contributed by atoms with Gasteiger partial charge in [0.05, 0.1) is 4.47 Å². The molecule has 0 saturated heterocycles. The first-order chi connectivity index (χ1) is 11.9. The van der Waals surface area contributed by atoms with Crippen molar-refractivity contribution in [2.45, 2.75) is 18.9 Å². The Morgan fingerprint density at radius 1 is 1.36 bits per heavy atom. The quantitative estimate of drug-likeness (QED) is 0.764. The molecule has 0 amide bonds. The molecule has 0 saturated carbocycles. The minimum atomic E-state index is -0.896. The highest BCUT2D eigenvalue weighted by Gasteiger charge is 2.29. The monoisotopic (exact) mass is 420 g/mol. The fourth-order valence-corrected chi connectivity index (χ4v) is 3.39. The topological polar surface area (TPSA) is 81.2 Å². The number of carbonyl (C=O) groups excluding carboxylic acids is 1. The van der Waals surface area contributed by atoms with E-state index in [1.54, 1.807) is 30.5 Å². The molecule has 2 aromatic rings. The van der Waals surface area contributed by atoms with Gasteiger partial charge in [-0.2, -0.15) is 0 Å².